The van der Waals surface area contributed by atoms with Crippen molar-refractivity contribution >= 4 is 23.3 Å². The fourth-order valence-corrected chi connectivity index (χ4v) is 3.19. The van der Waals surface area contributed by atoms with Gasteiger partial charge in [0.1, 0.15) is 18.0 Å². The number of ketones is 1. The second kappa shape index (κ2) is 8.77. The van der Waals surface area contributed by atoms with E-state index >= 15 is 0 Å². The van der Waals surface area contributed by atoms with E-state index in [4.69, 9.17) is 9.47 Å². The molecule has 1 aliphatic rings. The quantitative estimate of drug-likeness (QED) is 0.727. The summed E-state index contributed by atoms with van der Waals surface area (Å²) in [4.78, 5) is 38.2. The smallest absolute Gasteiger partial charge is 0.265 e. The van der Waals surface area contributed by atoms with Gasteiger partial charge in [0.05, 0.1) is 5.69 Å². The van der Waals surface area contributed by atoms with Gasteiger partial charge in [0.25, 0.3) is 5.91 Å². The maximum absolute atomic E-state index is 12.6. The van der Waals surface area contributed by atoms with E-state index in [-0.39, 0.29) is 37.4 Å². The maximum atomic E-state index is 12.6. The van der Waals surface area contributed by atoms with Gasteiger partial charge < -0.3 is 14.8 Å². The van der Waals surface area contributed by atoms with Crippen molar-refractivity contribution in [1.29, 1.82) is 0 Å². The number of nitrogens with one attached hydrogen (secondary N) is 1. The number of likely N-dealkylation sites (N-methyl/N-ethyl adjacent to an activating group) is 1. The van der Waals surface area contributed by atoms with Gasteiger partial charge in [-0.25, -0.2) is 0 Å². The highest BCUT2D eigenvalue weighted by Gasteiger charge is 2.28. The number of carbonyl (C=O) groups is 3. The minimum Gasteiger partial charge on any atom is -0.485 e. The van der Waals surface area contributed by atoms with Crippen molar-refractivity contribution in [2.45, 2.75) is 20.8 Å². The molecule has 0 spiro atoms. The van der Waals surface area contributed by atoms with E-state index in [1.54, 1.807) is 25.1 Å². The summed E-state index contributed by atoms with van der Waals surface area (Å²) in [5.74, 6) is 0.247. The fourth-order valence-electron chi connectivity index (χ4n) is 3.19. The summed E-state index contributed by atoms with van der Waals surface area (Å²) >= 11 is 0. The number of amides is 2. The highest BCUT2D eigenvalue weighted by Crippen LogP contribution is 2.33. The Balaban J connectivity index is 1.77. The molecule has 0 bridgehead atoms. The van der Waals surface area contributed by atoms with Crippen LogP contribution in [-0.2, 0) is 9.59 Å². The summed E-state index contributed by atoms with van der Waals surface area (Å²) in [5, 5.41) is 2.67. The summed E-state index contributed by atoms with van der Waals surface area (Å²) in [6.07, 6.45) is 0. The van der Waals surface area contributed by atoms with Crippen LogP contribution in [0.25, 0.3) is 0 Å². The molecule has 152 valence electrons. The number of hydrogen-bond acceptors (Lipinski definition) is 5. The summed E-state index contributed by atoms with van der Waals surface area (Å²) < 4.78 is 11.1. The van der Waals surface area contributed by atoms with Crippen molar-refractivity contribution in [2.24, 2.45) is 0 Å². The molecular weight excluding hydrogens is 372 g/mol. The first-order valence-corrected chi connectivity index (χ1v) is 9.45. The summed E-state index contributed by atoms with van der Waals surface area (Å²) in [7, 11) is 0. The lowest BCUT2D eigenvalue weighted by Gasteiger charge is -2.29. The molecule has 7 heteroatoms. The van der Waals surface area contributed by atoms with Gasteiger partial charge in [-0.15, -0.1) is 0 Å². The van der Waals surface area contributed by atoms with Crippen molar-refractivity contribution in [3.8, 4) is 11.5 Å². The van der Waals surface area contributed by atoms with Gasteiger partial charge in [0.15, 0.2) is 19.0 Å². The second-order valence-electron chi connectivity index (χ2n) is 6.94. The zero-order chi connectivity index (χ0) is 21.0. The van der Waals surface area contributed by atoms with Crippen LogP contribution in [0.1, 0.15) is 28.4 Å². The van der Waals surface area contributed by atoms with Crippen LogP contribution < -0.4 is 19.7 Å². The number of Topliss-reactive ketones (excluding diaryl/α,β-unsaturated/α-hetero) is 1. The van der Waals surface area contributed by atoms with E-state index in [0.29, 0.717) is 29.3 Å². The van der Waals surface area contributed by atoms with Gasteiger partial charge in [-0.1, -0.05) is 6.07 Å². The highest BCUT2D eigenvalue weighted by atomic mass is 16.5. The number of benzene rings is 2. The van der Waals surface area contributed by atoms with Gasteiger partial charge in [0.2, 0.25) is 5.91 Å². The Hall–Kier alpha value is -3.35. The van der Waals surface area contributed by atoms with Gasteiger partial charge in [-0.05, 0) is 62.2 Å². The Labute approximate surface area is 169 Å². The van der Waals surface area contributed by atoms with Crippen LogP contribution in [0, 0.1) is 13.8 Å². The normalized spacial score (nSPS) is 12.8. The molecule has 29 heavy (non-hydrogen) atoms. The third kappa shape index (κ3) is 4.93. The first kappa shape index (κ1) is 20.4. The molecule has 7 nitrogen and oxygen atoms in total. The van der Waals surface area contributed by atoms with E-state index in [1.165, 1.54) is 4.90 Å². The average molecular weight is 396 g/mol. The molecule has 2 amide bonds. The molecule has 3 rings (SSSR count). The number of aryl methyl sites for hydroxylation is 2. The largest absolute Gasteiger partial charge is 0.485 e. The van der Waals surface area contributed by atoms with E-state index in [1.807, 2.05) is 32.0 Å². The zero-order valence-electron chi connectivity index (χ0n) is 16.8. The van der Waals surface area contributed by atoms with E-state index in [2.05, 4.69) is 5.32 Å². The summed E-state index contributed by atoms with van der Waals surface area (Å²) in [6, 6.07) is 10.6. The Bertz CT molecular complexity index is 934. The lowest BCUT2D eigenvalue weighted by Crippen LogP contribution is -2.45. The van der Waals surface area contributed by atoms with Crippen molar-refractivity contribution < 1.29 is 23.9 Å². The lowest BCUT2D eigenvalue weighted by atomic mass is 10.1. The van der Waals surface area contributed by atoms with Crippen LogP contribution in [0.5, 0.6) is 11.5 Å². The molecule has 2 aromatic rings. The van der Waals surface area contributed by atoms with Crippen LogP contribution in [0.15, 0.2) is 36.4 Å². The van der Waals surface area contributed by atoms with E-state index in [9.17, 15) is 14.4 Å². The Morgan fingerprint density at radius 3 is 2.55 bits per heavy atom. The first-order valence-electron chi connectivity index (χ1n) is 9.45. The van der Waals surface area contributed by atoms with Crippen LogP contribution in [0.4, 0.5) is 5.69 Å². The summed E-state index contributed by atoms with van der Waals surface area (Å²) in [5.41, 5.74) is 2.90. The second-order valence-corrected chi connectivity index (χ2v) is 6.94. The fraction of sp³-hybridized carbons (Fsp3) is 0.318. The third-order valence-electron chi connectivity index (χ3n) is 4.46. The van der Waals surface area contributed by atoms with E-state index < -0.39 is 0 Å². The molecule has 1 N–H and O–H groups in total. The van der Waals surface area contributed by atoms with Crippen LogP contribution in [-0.4, -0.2) is 43.9 Å². The average Bonchev–Trinajstić information content (AvgIpc) is 2.67. The molecule has 0 aromatic heterocycles. The van der Waals surface area contributed by atoms with Gasteiger partial charge in [-0.3, -0.25) is 19.3 Å². The number of anilines is 1. The predicted molar refractivity (Wildman–Crippen MR) is 109 cm³/mol. The Kier molecular flexibility index (Phi) is 6.16. The molecular formula is C22H24N2O5. The van der Waals surface area contributed by atoms with Crippen molar-refractivity contribution in [2.75, 3.05) is 31.2 Å². The van der Waals surface area contributed by atoms with E-state index in [0.717, 1.165) is 11.1 Å². The SMILES string of the molecule is CCNC(=O)CN1C(=O)COc2ccc(C(=O)COc3cc(C)cc(C)c3)cc21. The predicted octanol–water partition coefficient (Wildman–Crippen LogP) is 2.43. The van der Waals surface area contributed by atoms with Crippen molar-refractivity contribution in [3.05, 3.63) is 53.1 Å². The number of carbonyl (C=O) groups excluding carboxylic acids is 3. The highest BCUT2D eigenvalue weighted by molar-refractivity contribution is 6.04. The number of fused-ring (bicyclic) bond motifs is 1. The monoisotopic (exact) mass is 396 g/mol. The Morgan fingerprint density at radius 1 is 1.14 bits per heavy atom. The molecule has 1 heterocycles. The molecule has 0 saturated heterocycles. The van der Waals surface area contributed by atoms with Crippen LogP contribution >= 0.6 is 0 Å². The number of ether oxygens (including phenoxy) is 2. The number of nitrogens with zero attached hydrogens (tertiary/aromatic N) is 1. The third-order valence-corrected chi connectivity index (χ3v) is 4.46. The van der Waals surface area contributed by atoms with Crippen LogP contribution in [0.2, 0.25) is 0 Å². The maximum Gasteiger partial charge on any atom is 0.265 e. The molecule has 0 saturated carbocycles. The van der Waals surface area contributed by atoms with Crippen LogP contribution in [0.3, 0.4) is 0 Å². The minimum atomic E-state index is -0.333. The molecule has 0 fully saturated rings. The van der Waals surface area contributed by atoms with Gasteiger partial charge >= 0.3 is 0 Å². The molecule has 2 aromatic carbocycles. The first-order chi connectivity index (χ1) is 13.9. The lowest BCUT2D eigenvalue weighted by molar-refractivity contribution is -0.125. The van der Waals surface area contributed by atoms with Gasteiger partial charge in [-0.2, -0.15) is 0 Å². The molecule has 0 unspecified atom stereocenters. The molecule has 0 atom stereocenters. The topological polar surface area (TPSA) is 84.9 Å². The summed E-state index contributed by atoms with van der Waals surface area (Å²) in [6.45, 7) is 5.80. The minimum absolute atomic E-state index is 0.125. The molecule has 0 radical (unpaired) electrons. The van der Waals surface area contributed by atoms with Gasteiger partial charge in [0, 0.05) is 12.1 Å². The molecule has 1 aliphatic heterocycles. The number of hydrogen-bond donors (Lipinski definition) is 1. The van der Waals surface area contributed by atoms with Crippen molar-refractivity contribution in [3.63, 3.8) is 0 Å². The van der Waals surface area contributed by atoms with Crippen molar-refractivity contribution in [1.82, 2.24) is 5.32 Å². The zero-order valence-corrected chi connectivity index (χ0v) is 16.8. The number of rotatable bonds is 7. The standard InChI is InChI=1S/C22H24N2O5/c1-4-23-21(26)11-24-18-10-16(5-6-20(18)29-13-22(24)27)19(25)12-28-17-8-14(2)7-15(3)9-17/h5-10H,4,11-13H2,1-3H3,(H,23,26). The molecule has 0 aliphatic carbocycles. The Morgan fingerprint density at radius 2 is 1.86 bits per heavy atom.